The molecule has 1 aromatic heterocycles. The van der Waals surface area contributed by atoms with Crippen LogP contribution in [0.2, 0.25) is 0 Å². The number of hydrogen-bond donors (Lipinski definition) is 1. The van der Waals surface area contributed by atoms with Gasteiger partial charge in [0.1, 0.15) is 12.2 Å². The van der Waals surface area contributed by atoms with E-state index in [2.05, 4.69) is 34.1 Å². The number of carbonyl (C=O) groups is 1. The van der Waals surface area contributed by atoms with Crippen LogP contribution in [-0.4, -0.2) is 45.2 Å². The van der Waals surface area contributed by atoms with Crippen molar-refractivity contribution in [2.75, 3.05) is 19.6 Å². The van der Waals surface area contributed by atoms with Crippen molar-refractivity contribution < 1.29 is 4.79 Å². The molecule has 1 aliphatic heterocycles. The van der Waals surface area contributed by atoms with E-state index in [1.54, 1.807) is 6.33 Å². The summed E-state index contributed by atoms with van der Waals surface area (Å²) in [6, 6.07) is 0. The van der Waals surface area contributed by atoms with Crippen molar-refractivity contribution >= 4 is 5.91 Å². The number of hydrogen-bond acceptors (Lipinski definition) is 4. The lowest BCUT2D eigenvalue weighted by atomic mass is 9.97. The second-order valence-corrected chi connectivity index (χ2v) is 7.93. The van der Waals surface area contributed by atoms with E-state index in [4.69, 9.17) is 0 Å². The van der Waals surface area contributed by atoms with Gasteiger partial charge in [-0.3, -0.25) is 9.69 Å². The normalized spacial score (nSPS) is 23.2. The molecule has 1 saturated carbocycles. The molecule has 1 amide bonds. The predicted molar refractivity (Wildman–Crippen MR) is 93.3 cm³/mol. The molecule has 1 aromatic rings. The maximum Gasteiger partial charge on any atom is 0.220 e. The number of carbonyl (C=O) groups excluding carboxylic acids is 1. The predicted octanol–water partition coefficient (Wildman–Crippen LogP) is 2.21. The van der Waals surface area contributed by atoms with E-state index in [-0.39, 0.29) is 5.91 Å². The zero-order valence-corrected chi connectivity index (χ0v) is 15.1. The molecule has 134 valence electrons. The van der Waals surface area contributed by atoms with Gasteiger partial charge in [-0.15, -0.1) is 0 Å². The van der Waals surface area contributed by atoms with E-state index < -0.39 is 0 Å². The third kappa shape index (κ3) is 4.79. The maximum absolute atomic E-state index is 12.0. The maximum atomic E-state index is 12.0. The highest BCUT2D eigenvalue weighted by Gasteiger charge is 2.39. The van der Waals surface area contributed by atoms with Crippen molar-refractivity contribution in [2.24, 2.45) is 11.3 Å². The monoisotopic (exact) mass is 333 g/mol. The van der Waals surface area contributed by atoms with Gasteiger partial charge < -0.3 is 5.32 Å². The Bertz CT molecular complexity index is 551. The fraction of sp³-hybridized carbons (Fsp3) is 0.833. The molecule has 0 radical (unpaired) electrons. The minimum Gasteiger partial charge on any atom is -0.356 e. The van der Waals surface area contributed by atoms with Crippen molar-refractivity contribution in [2.45, 2.75) is 65.5 Å². The first kappa shape index (κ1) is 17.4. The first-order valence-electron chi connectivity index (χ1n) is 9.44. The van der Waals surface area contributed by atoms with Gasteiger partial charge in [0.05, 0.1) is 6.54 Å². The lowest BCUT2D eigenvalue weighted by Gasteiger charge is -2.32. The van der Waals surface area contributed by atoms with Crippen LogP contribution < -0.4 is 5.32 Å². The van der Waals surface area contributed by atoms with Crippen molar-refractivity contribution in [1.82, 2.24) is 25.0 Å². The first-order chi connectivity index (χ1) is 11.6. The number of aryl methyl sites for hydroxylation is 1. The third-order valence-corrected chi connectivity index (χ3v) is 5.38. The van der Waals surface area contributed by atoms with Crippen molar-refractivity contribution in [3.05, 3.63) is 12.2 Å². The van der Waals surface area contributed by atoms with Crippen LogP contribution in [0.15, 0.2) is 6.33 Å². The first-order valence-corrected chi connectivity index (χ1v) is 9.44. The summed E-state index contributed by atoms with van der Waals surface area (Å²) in [7, 11) is 0. The van der Waals surface area contributed by atoms with E-state index in [0.717, 1.165) is 45.0 Å². The van der Waals surface area contributed by atoms with Crippen LogP contribution in [0.1, 0.15) is 58.2 Å². The van der Waals surface area contributed by atoms with E-state index in [0.29, 0.717) is 17.8 Å². The molecule has 2 heterocycles. The molecule has 3 rings (SSSR count). The second kappa shape index (κ2) is 7.64. The summed E-state index contributed by atoms with van der Waals surface area (Å²) in [6.45, 7) is 9.13. The molecule has 1 aliphatic carbocycles. The molecule has 1 unspecified atom stereocenters. The van der Waals surface area contributed by atoms with Crippen LogP contribution in [0, 0.1) is 11.3 Å². The molecule has 0 aromatic carbocycles. The fourth-order valence-corrected chi connectivity index (χ4v) is 3.57. The summed E-state index contributed by atoms with van der Waals surface area (Å²) < 4.78 is 2.02. The van der Waals surface area contributed by atoms with Gasteiger partial charge >= 0.3 is 0 Å². The number of piperidine rings is 1. The number of nitrogens with zero attached hydrogens (tertiary/aromatic N) is 4. The Hall–Kier alpha value is -1.43. The smallest absolute Gasteiger partial charge is 0.220 e. The number of nitrogens with one attached hydrogen (secondary N) is 1. The molecule has 1 N–H and O–H groups in total. The van der Waals surface area contributed by atoms with Crippen LogP contribution in [0.3, 0.4) is 0 Å². The van der Waals surface area contributed by atoms with E-state index in [1.165, 1.54) is 25.7 Å². The van der Waals surface area contributed by atoms with E-state index in [9.17, 15) is 4.79 Å². The Morgan fingerprint density at radius 2 is 2.29 bits per heavy atom. The van der Waals surface area contributed by atoms with Gasteiger partial charge in [-0.2, -0.15) is 5.10 Å². The van der Waals surface area contributed by atoms with Gasteiger partial charge in [0.25, 0.3) is 0 Å². The van der Waals surface area contributed by atoms with Gasteiger partial charge in [0.15, 0.2) is 0 Å². The zero-order chi connectivity index (χ0) is 17.0. The highest BCUT2D eigenvalue weighted by atomic mass is 16.1. The van der Waals surface area contributed by atoms with Crippen molar-refractivity contribution in [1.29, 1.82) is 0 Å². The van der Waals surface area contributed by atoms with Crippen LogP contribution in [0.5, 0.6) is 0 Å². The molecule has 2 fully saturated rings. The fourth-order valence-electron chi connectivity index (χ4n) is 3.57. The molecule has 0 bridgehead atoms. The van der Waals surface area contributed by atoms with E-state index in [1.807, 2.05) is 4.68 Å². The molecule has 24 heavy (non-hydrogen) atoms. The molecule has 2 aliphatic rings. The van der Waals surface area contributed by atoms with Gasteiger partial charge in [-0.05, 0) is 50.0 Å². The standard InChI is InChI=1S/C18H31N5O/c1-3-8-23-16(20-14-21-23)13-22-9-4-5-15(12-22)11-19-17(24)10-18(2)6-7-18/h14-15H,3-13H2,1-2H3,(H,19,24). The largest absolute Gasteiger partial charge is 0.356 e. The van der Waals surface area contributed by atoms with Crippen molar-refractivity contribution in [3.63, 3.8) is 0 Å². The molecule has 1 saturated heterocycles. The Morgan fingerprint density at radius 3 is 3.04 bits per heavy atom. The number of amides is 1. The molecule has 1 atom stereocenters. The zero-order valence-electron chi connectivity index (χ0n) is 15.1. The Morgan fingerprint density at radius 1 is 1.46 bits per heavy atom. The lowest BCUT2D eigenvalue weighted by Crippen LogP contribution is -2.41. The highest BCUT2D eigenvalue weighted by Crippen LogP contribution is 2.47. The number of likely N-dealkylation sites (tertiary alicyclic amines) is 1. The summed E-state index contributed by atoms with van der Waals surface area (Å²) >= 11 is 0. The van der Waals surface area contributed by atoms with Gasteiger partial charge in [0.2, 0.25) is 5.91 Å². The number of aromatic nitrogens is 3. The summed E-state index contributed by atoms with van der Waals surface area (Å²) in [5.41, 5.74) is 0.298. The molecule has 6 nitrogen and oxygen atoms in total. The SMILES string of the molecule is CCCn1ncnc1CN1CCCC(CNC(=O)CC2(C)CC2)C1. The Labute approximate surface area is 145 Å². The van der Waals surface area contributed by atoms with Crippen molar-refractivity contribution in [3.8, 4) is 0 Å². The highest BCUT2D eigenvalue weighted by molar-refractivity contribution is 5.77. The summed E-state index contributed by atoms with van der Waals surface area (Å²) in [6.07, 6.45) is 8.24. The molecular formula is C18H31N5O. The molecule has 6 heteroatoms. The topological polar surface area (TPSA) is 63.1 Å². The minimum atomic E-state index is 0.231. The minimum absolute atomic E-state index is 0.231. The summed E-state index contributed by atoms with van der Waals surface area (Å²) in [5, 5.41) is 7.47. The molecular weight excluding hydrogens is 302 g/mol. The van der Waals surface area contributed by atoms with Crippen LogP contribution in [0.25, 0.3) is 0 Å². The Balaban J connectivity index is 1.43. The van der Waals surface area contributed by atoms with Gasteiger partial charge in [-0.25, -0.2) is 9.67 Å². The number of rotatable bonds is 8. The van der Waals surface area contributed by atoms with Crippen LogP contribution in [-0.2, 0) is 17.9 Å². The summed E-state index contributed by atoms with van der Waals surface area (Å²) in [4.78, 5) is 18.9. The Kier molecular flexibility index (Phi) is 5.54. The van der Waals surface area contributed by atoms with Gasteiger partial charge in [-0.1, -0.05) is 13.8 Å². The van der Waals surface area contributed by atoms with Crippen LogP contribution in [0.4, 0.5) is 0 Å². The van der Waals surface area contributed by atoms with Gasteiger partial charge in [0, 0.05) is 26.1 Å². The third-order valence-electron chi connectivity index (χ3n) is 5.38. The average Bonchev–Trinajstić information content (AvgIpc) is 3.12. The summed E-state index contributed by atoms with van der Waals surface area (Å²) in [5.74, 6) is 1.84. The van der Waals surface area contributed by atoms with Crippen LogP contribution >= 0.6 is 0 Å². The second-order valence-electron chi connectivity index (χ2n) is 7.93. The average molecular weight is 333 g/mol. The molecule has 0 spiro atoms. The van der Waals surface area contributed by atoms with E-state index >= 15 is 0 Å². The quantitative estimate of drug-likeness (QED) is 0.792. The lowest BCUT2D eigenvalue weighted by molar-refractivity contribution is -0.122.